The van der Waals surface area contributed by atoms with Crippen molar-refractivity contribution in [3.63, 3.8) is 0 Å². The van der Waals surface area contributed by atoms with Crippen LogP contribution in [0.2, 0.25) is 0 Å². The summed E-state index contributed by atoms with van der Waals surface area (Å²) < 4.78 is 4.64. The molecule has 0 saturated heterocycles. The second kappa shape index (κ2) is 10.6. The Labute approximate surface area is 295 Å². The van der Waals surface area contributed by atoms with Gasteiger partial charge in [-0.1, -0.05) is 92.7 Å². The normalized spacial score (nSPS) is 13.0. The first kappa shape index (κ1) is 29.1. The molecule has 4 nitrogen and oxygen atoms in total. The second-order valence-corrected chi connectivity index (χ2v) is 14.0. The van der Waals surface area contributed by atoms with Crippen LogP contribution in [0.5, 0.6) is 0 Å². The maximum atomic E-state index is 10.2. The van der Waals surface area contributed by atoms with Crippen LogP contribution in [0.15, 0.2) is 146 Å². The van der Waals surface area contributed by atoms with E-state index < -0.39 is 0 Å². The predicted octanol–water partition coefficient (Wildman–Crippen LogP) is 11.6. The standard InChI is InChI=1S/C47H30N4/c1-47(2)39-15-7-3-11-31(39)35-26-46-38(25-40(35)47)34-14-6-10-18-43(34)51(46)45-22-20-30(28-49)24-37(45)36-23-29(27-48)19-21-44(36)50-41-16-8-4-12-32(41)33-13-5-9-17-42(33)50/h3-26H,1-2H3. The molecular formula is C47H30N4. The third-order valence-corrected chi connectivity index (χ3v) is 11.0. The van der Waals surface area contributed by atoms with E-state index >= 15 is 0 Å². The highest BCUT2D eigenvalue weighted by molar-refractivity contribution is 6.13. The van der Waals surface area contributed by atoms with Gasteiger partial charge in [0, 0.05) is 38.1 Å². The molecule has 9 aromatic rings. The average molecular weight is 651 g/mol. The molecule has 0 bridgehead atoms. The maximum absolute atomic E-state index is 10.2. The van der Waals surface area contributed by atoms with Crippen molar-refractivity contribution in [2.75, 3.05) is 0 Å². The Bertz CT molecular complexity index is 2980. The number of para-hydroxylation sites is 3. The molecule has 2 aromatic heterocycles. The molecule has 0 spiro atoms. The van der Waals surface area contributed by atoms with Gasteiger partial charge in [-0.15, -0.1) is 0 Å². The number of fused-ring (bicyclic) bond motifs is 9. The van der Waals surface area contributed by atoms with Crippen LogP contribution in [0.25, 0.3) is 77.2 Å². The van der Waals surface area contributed by atoms with Gasteiger partial charge < -0.3 is 9.13 Å². The van der Waals surface area contributed by atoms with Gasteiger partial charge in [0.05, 0.1) is 56.7 Å². The molecule has 4 heteroatoms. The van der Waals surface area contributed by atoms with E-state index in [9.17, 15) is 10.5 Å². The molecule has 0 radical (unpaired) electrons. The lowest BCUT2D eigenvalue weighted by Gasteiger charge is -2.21. The lowest BCUT2D eigenvalue weighted by Crippen LogP contribution is -2.14. The van der Waals surface area contributed by atoms with E-state index in [-0.39, 0.29) is 5.41 Å². The van der Waals surface area contributed by atoms with Crippen molar-refractivity contribution in [1.82, 2.24) is 9.13 Å². The summed E-state index contributed by atoms with van der Waals surface area (Å²) in [5, 5.41) is 25.1. The third-order valence-electron chi connectivity index (χ3n) is 11.0. The Morgan fingerprint density at radius 3 is 1.43 bits per heavy atom. The number of hydrogen-bond donors (Lipinski definition) is 0. The first-order chi connectivity index (χ1) is 25.0. The molecular weight excluding hydrogens is 621 g/mol. The Morgan fingerprint density at radius 2 is 0.882 bits per heavy atom. The van der Waals surface area contributed by atoms with Gasteiger partial charge >= 0.3 is 0 Å². The molecule has 1 aliphatic rings. The van der Waals surface area contributed by atoms with Crippen LogP contribution >= 0.6 is 0 Å². The van der Waals surface area contributed by atoms with Gasteiger partial charge in [-0.05, 0) is 89.0 Å². The Balaban J connectivity index is 1.33. The summed E-state index contributed by atoms with van der Waals surface area (Å²) in [6.07, 6.45) is 0. The molecule has 2 heterocycles. The Kier molecular flexibility index (Phi) is 6.02. The van der Waals surface area contributed by atoms with Crippen LogP contribution in [-0.2, 0) is 5.41 Å². The molecule has 1 aliphatic carbocycles. The van der Waals surface area contributed by atoms with Crippen molar-refractivity contribution in [2.24, 2.45) is 0 Å². The van der Waals surface area contributed by atoms with Gasteiger partial charge in [0.25, 0.3) is 0 Å². The fraction of sp³-hybridized carbons (Fsp3) is 0.0638. The van der Waals surface area contributed by atoms with Crippen molar-refractivity contribution >= 4 is 43.6 Å². The Morgan fingerprint density at radius 1 is 0.412 bits per heavy atom. The van der Waals surface area contributed by atoms with E-state index in [1.165, 1.54) is 33.0 Å². The molecule has 10 rings (SSSR count). The van der Waals surface area contributed by atoms with E-state index in [4.69, 9.17) is 0 Å². The molecule has 0 N–H and O–H groups in total. The van der Waals surface area contributed by atoms with Crippen molar-refractivity contribution in [3.05, 3.63) is 168 Å². The van der Waals surface area contributed by atoms with Gasteiger partial charge in [-0.2, -0.15) is 10.5 Å². The SMILES string of the molecule is CC1(C)c2ccccc2-c2cc3c(cc21)c1ccccc1n3-c1ccc(C#N)cc1-c1cc(C#N)ccc1-n1c2ccccc2c2ccccc21. The van der Waals surface area contributed by atoms with Crippen LogP contribution in [0.3, 0.4) is 0 Å². The van der Waals surface area contributed by atoms with E-state index in [1.807, 2.05) is 30.3 Å². The average Bonchev–Trinajstić information content (AvgIpc) is 3.76. The Hall–Kier alpha value is -6.88. The second-order valence-electron chi connectivity index (χ2n) is 14.0. The quantitative estimate of drug-likeness (QED) is 0.191. The molecule has 0 saturated carbocycles. The molecule has 51 heavy (non-hydrogen) atoms. The fourth-order valence-corrected chi connectivity index (χ4v) is 8.64. The van der Waals surface area contributed by atoms with Crippen LogP contribution in [0.4, 0.5) is 0 Å². The van der Waals surface area contributed by atoms with Gasteiger partial charge in [0.15, 0.2) is 0 Å². The van der Waals surface area contributed by atoms with E-state index in [1.54, 1.807) is 0 Å². The molecule has 0 unspecified atom stereocenters. The summed E-state index contributed by atoms with van der Waals surface area (Å²) >= 11 is 0. The van der Waals surface area contributed by atoms with Crippen molar-refractivity contribution in [3.8, 4) is 45.8 Å². The fourth-order valence-electron chi connectivity index (χ4n) is 8.64. The van der Waals surface area contributed by atoms with Crippen molar-refractivity contribution in [2.45, 2.75) is 19.3 Å². The minimum Gasteiger partial charge on any atom is -0.309 e. The number of nitriles is 2. The van der Waals surface area contributed by atoms with E-state index in [0.717, 1.165) is 55.3 Å². The zero-order chi connectivity index (χ0) is 34.4. The highest BCUT2D eigenvalue weighted by Crippen LogP contribution is 2.51. The monoisotopic (exact) mass is 650 g/mol. The highest BCUT2D eigenvalue weighted by Gasteiger charge is 2.36. The molecule has 0 aliphatic heterocycles. The summed E-state index contributed by atoms with van der Waals surface area (Å²) in [4.78, 5) is 0. The number of benzene rings is 7. The van der Waals surface area contributed by atoms with Gasteiger partial charge in [0.2, 0.25) is 0 Å². The number of nitrogens with zero attached hydrogens (tertiary/aromatic N) is 4. The molecule has 0 amide bonds. The highest BCUT2D eigenvalue weighted by atomic mass is 15.0. The number of rotatable bonds is 3. The van der Waals surface area contributed by atoms with E-state index in [0.29, 0.717) is 11.1 Å². The number of aromatic nitrogens is 2. The minimum absolute atomic E-state index is 0.127. The third kappa shape index (κ3) is 3.99. The number of hydrogen-bond acceptors (Lipinski definition) is 2. The van der Waals surface area contributed by atoms with Crippen LogP contribution in [-0.4, -0.2) is 9.13 Å². The molecule has 0 atom stereocenters. The molecule has 7 aromatic carbocycles. The zero-order valence-electron chi connectivity index (χ0n) is 28.1. The molecule has 0 fully saturated rings. The van der Waals surface area contributed by atoms with Crippen LogP contribution in [0, 0.1) is 22.7 Å². The van der Waals surface area contributed by atoms with Crippen LogP contribution < -0.4 is 0 Å². The summed E-state index contributed by atoms with van der Waals surface area (Å²) in [6.45, 7) is 4.64. The zero-order valence-corrected chi connectivity index (χ0v) is 28.1. The lowest BCUT2D eigenvalue weighted by atomic mass is 9.82. The minimum atomic E-state index is -0.127. The topological polar surface area (TPSA) is 57.4 Å². The van der Waals surface area contributed by atoms with Gasteiger partial charge in [-0.3, -0.25) is 0 Å². The summed E-state index contributed by atoms with van der Waals surface area (Å²) in [5.74, 6) is 0. The van der Waals surface area contributed by atoms with Crippen LogP contribution in [0.1, 0.15) is 36.1 Å². The largest absolute Gasteiger partial charge is 0.309 e. The summed E-state index contributed by atoms with van der Waals surface area (Å²) in [5.41, 5.74) is 14.2. The van der Waals surface area contributed by atoms with E-state index in [2.05, 4.69) is 150 Å². The first-order valence-electron chi connectivity index (χ1n) is 17.2. The predicted molar refractivity (Wildman–Crippen MR) is 208 cm³/mol. The van der Waals surface area contributed by atoms with Gasteiger partial charge in [-0.25, -0.2) is 0 Å². The van der Waals surface area contributed by atoms with Crippen molar-refractivity contribution in [1.29, 1.82) is 10.5 Å². The summed E-state index contributed by atoms with van der Waals surface area (Å²) in [7, 11) is 0. The maximum Gasteiger partial charge on any atom is 0.0991 e. The van der Waals surface area contributed by atoms with Gasteiger partial charge in [0.1, 0.15) is 0 Å². The molecule has 238 valence electrons. The summed E-state index contributed by atoms with van der Waals surface area (Å²) in [6, 6.07) is 55.7. The first-order valence-corrected chi connectivity index (χ1v) is 17.2. The smallest absolute Gasteiger partial charge is 0.0991 e. The lowest BCUT2D eigenvalue weighted by molar-refractivity contribution is 0.661. The van der Waals surface area contributed by atoms with Crippen molar-refractivity contribution < 1.29 is 0 Å².